The molecular weight excluding hydrogens is 312 g/mol. The quantitative estimate of drug-likeness (QED) is 0.604. The minimum atomic E-state index is -0.512. The number of ether oxygens (including phenoxy) is 2. The number of hydrogen-bond acceptors (Lipinski definition) is 8. The Balaban J connectivity index is 0.000000224. The van der Waals surface area contributed by atoms with Crippen LogP contribution in [-0.4, -0.2) is 46.1 Å². The van der Waals surface area contributed by atoms with Crippen molar-refractivity contribution in [3.05, 3.63) is 47.0 Å². The summed E-state index contributed by atoms with van der Waals surface area (Å²) in [5, 5.41) is 0.0513. The number of carbonyl (C=O) groups excluding carboxylic acids is 2. The van der Waals surface area contributed by atoms with Crippen molar-refractivity contribution >= 4 is 23.5 Å². The van der Waals surface area contributed by atoms with Gasteiger partial charge in [0.15, 0.2) is 11.4 Å². The lowest BCUT2D eigenvalue weighted by molar-refractivity contribution is 0.0585. The van der Waals surface area contributed by atoms with E-state index in [9.17, 15) is 9.59 Å². The summed E-state index contributed by atoms with van der Waals surface area (Å²) in [6, 6.07) is 3.00. The summed E-state index contributed by atoms with van der Waals surface area (Å²) < 4.78 is 8.87. The van der Waals surface area contributed by atoms with Crippen molar-refractivity contribution in [2.75, 3.05) is 14.2 Å². The summed E-state index contributed by atoms with van der Waals surface area (Å²) in [5.41, 5.74) is 1.09. The average molecular weight is 325 g/mol. The first kappa shape index (κ1) is 17.4. The molecule has 0 N–H and O–H groups in total. The number of aromatic nitrogens is 4. The van der Waals surface area contributed by atoms with Gasteiger partial charge in [0.05, 0.1) is 14.2 Å². The third kappa shape index (κ3) is 5.41. The highest BCUT2D eigenvalue weighted by Gasteiger charge is 2.08. The number of aryl methyl sites for hydroxylation is 1. The monoisotopic (exact) mass is 324 g/mol. The molecular formula is C13H13ClN4O4. The molecule has 2 heterocycles. The second-order valence-corrected chi connectivity index (χ2v) is 4.08. The summed E-state index contributed by atoms with van der Waals surface area (Å²) in [6.07, 6.45) is 2.78. The van der Waals surface area contributed by atoms with Crippen LogP contribution in [-0.2, 0) is 9.47 Å². The maximum atomic E-state index is 10.9. The zero-order chi connectivity index (χ0) is 16.5. The fourth-order valence-corrected chi connectivity index (χ4v) is 1.48. The van der Waals surface area contributed by atoms with Gasteiger partial charge in [0.1, 0.15) is 6.33 Å². The summed E-state index contributed by atoms with van der Waals surface area (Å²) in [7, 11) is 2.60. The number of methoxy groups -OCH3 is 2. The van der Waals surface area contributed by atoms with Crippen LogP contribution >= 0.6 is 11.6 Å². The molecule has 2 rings (SSSR count). The second-order valence-electron chi connectivity index (χ2n) is 3.74. The maximum Gasteiger partial charge on any atom is 0.356 e. The lowest BCUT2D eigenvalue weighted by Crippen LogP contribution is -2.05. The fourth-order valence-electron chi connectivity index (χ4n) is 1.26. The smallest absolute Gasteiger partial charge is 0.356 e. The van der Waals surface area contributed by atoms with Crippen LogP contribution in [0.25, 0.3) is 0 Å². The third-order valence-electron chi connectivity index (χ3n) is 2.20. The van der Waals surface area contributed by atoms with Crippen LogP contribution in [0.2, 0.25) is 5.28 Å². The van der Waals surface area contributed by atoms with Gasteiger partial charge in [-0.1, -0.05) is 0 Å². The van der Waals surface area contributed by atoms with Gasteiger partial charge in [-0.15, -0.1) is 0 Å². The van der Waals surface area contributed by atoms with E-state index in [1.807, 2.05) is 0 Å². The van der Waals surface area contributed by atoms with Gasteiger partial charge in [0.25, 0.3) is 0 Å². The van der Waals surface area contributed by atoms with E-state index in [-0.39, 0.29) is 16.7 Å². The van der Waals surface area contributed by atoms with E-state index in [1.165, 1.54) is 38.9 Å². The molecule has 0 fully saturated rings. The standard InChI is InChI=1S/C7H7ClN2O2.C6H6N2O2/c1-4-3-5(6(11)12-2)10-7(8)9-4;1-10-6(9)5-2-3-7-4-8-5/h3H,1-2H3;2-4H,1H3. The number of esters is 2. The summed E-state index contributed by atoms with van der Waals surface area (Å²) in [5.74, 6) is -0.954. The number of rotatable bonds is 2. The predicted molar refractivity (Wildman–Crippen MR) is 76.5 cm³/mol. The molecule has 0 amide bonds. The first-order valence-electron chi connectivity index (χ1n) is 5.91. The van der Waals surface area contributed by atoms with Gasteiger partial charge < -0.3 is 9.47 Å². The molecule has 0 unspecified atom stereocenters. The number of hydrogen-bond donors (Lipinski definition) is 0. The SMILES string of the molecule is COC(=O)c1cc(C)nc(Cl)n1.COC(=O)c1ccncn1. The molecule has 2 aromatic rings. The summed E-state index contributed by atoms with van der Waals surface area (Å²) >= 11 is 5.52. The normalized spacial score (nSPS) is 9.27. The van der Waals surface area contributed by atoms with Crippen LogP contribution in [0.15, 0.2) is 24.7 Å². The first-order chi connectivity index (χ1) is 10.5. The van der Waals surface area contributed by atoms with Crippen molar-refractivity contribution in [3.8, 4) is 0 Å². The fraction of sp³-hybridized carbons (Fsp3) is 0.231. The van der Waals surface area contributed by atoms with Crippen LogP contribution in [0, 0.1) is 6.92 Å². The van der Waals surface area contributed by atoms with E-state index >= 15 is 0 Å². The molecule has 2 aromatic heterocycles. The largest absolute Gasteiger partial charge is 0.464 e. The molecule has 0 aliphatic carbocycles. The van der Waals surface area contributed by atoms with Crippen molar-refractivity contribution in [2.24, 2.45) is 0 Å². The van der Waals surface area contributed by atoms with Crippen molar-refractivity contribution in [2.45, 2.75) is 6.92 Å². The topological polar surface area (TPSA) is 104 Å². The van der Waals surface area contributed by atoms with Gasteiger partial charge in [-0.3, -0.25) is 0 Å². The van der Waals surface area contributed by atoms with E-state index in [0.717, 1.165) is 0 Å². The van der Waals surface area contributed by atoms with Gasteiger partial charge in [-0.2, -0.15) is 0 Å². The van der Waals surface area contributed by atoms with Crippen molar-refractivity contribution < 1.29 is 19.1 Å². The first-order valence-corrected chi connectivity index (χ1v) is 6.29. The third-order valence-corrected chi connectivity index (χ3v) is 2.37. The Morgan fingerprint density at radius 2 is 1.73 bits per heavy atom. The van der Waals surface area contributed by atoms with Gasteiger partial charge in [-0.25, -0.2) is 29.5 Å². The Kier molecular flexibility index (Phi) is 6.84. The van der Waals surface area contributed by atoms with E-state index < -0.39 is 11.9 Å². The van der Waals surface area contributed by atoms with Gasteiger partial charge >= 0.3 is 11.9 Å². The van der Waals surface area contributed by atoms with Crippen molar-refractivity contribution in [3.63, 3.8) is 0 Å². The zero-order valence-corrected chi connectivity index (χ0v) is 12.9. The molecule has 0 aliphatic rings. The Hall–Kier alpha value is -2.61. The predicted octanol–water partition coefficient (Wildman–Crippen LogP) is 1.49. The molecule has 0 aliphatic heterocycles. The van der Waals surface area contributed by atoms with Crippen LogP contribution in [0.4, 0.5) is 0 Å². The minimum Gasteiger partial charge on any atom is -0.464 e. The Bertz CT molecular complexity index is 631. The molecule has 116 valence electrons. The lowest BCUT2D eigenvalue weighted by atomic mass is 10.3. The van der Waals surface area contributed by atoms with Gasteiger partial charge in [0, 0.05) is 11.9 Å². The number of halogens is 1. The minimum absolute atomic E-state index is 0.0513. The number of carbonyl (C=O) groups is 2. The van der Waals surface area contributed by atoms with E-state index in [2.05, 4.69) is 29.4 Å². The van der Waals surface area contributed by atoms with E-state index in [0.29, 0.717) is 5.69 Å². The highest BCUT2D eigenvalue weighted by atomic mass is 35.5. The van der Waals surface area contributed by atoms with Crippen LogP contribution in [0.1, 0.15) is 26.7 Å². The molecule has 0 saturated heterocycles. The molecule has 0 saturated carbocycles. The highest BCUT2D eigenvalue weighted by Crippen LogP contribution is 2.05. The van der Waals surface area contributed by atoms with Crippen LogP contribution < -0.4 is 0 Å². The molecule has 0 atom stereocenters. The summed E-state index contributed by atoms with van der Waals surface area (Å²) in [6.45, 7) is 1.72. The molecule has 0 aromatic carbocycles. The highest BCUT2D eigenvalue weighted by molar-refractivity contribution is 6.28. The van der Waals surface area contributed by atoms with Crippen molar-refractivity contribution in [1.82, 2.24) is 19.9 Å². The van der Waals surface area contributed by atoms with Gasteiger partial charge in [-0.05, 0) is 30.7 Å². The molecule has 0 radical (unpaired) electrons. The molecule has 22 heavy (non-hydrogen) atoms. The summed E-state index contributed by atoms with van der Waals surface area (Å²) in [4.78, 5) is 36.4. The van der Waals surface area contributed by atoms with Crippen LogP contribution in [0.3, 0.4) is 0 Å². The Labute approximate surface area is 131 Å². The Morgan fingerprint density at radius 3 is 2.23 bits per heavy atom. The molecule has 9 heteroatoms. The maximum absolute atomic E-state index is 10.9. The number of nitrogens with zero attached hydrogens (tertiary/aromatic N) is 4. The average Bonchev–Trinajstić information content (AvgIpc) is 2.53. The Morgan fingerprint density at radius 1 is 1.09 bits per heavy atom. The second kappa shape index (κ2) is 8.63. The van der Waals surface area contributed by atoms with Crippen molar-refractivity contribution in [1.29, 1.82) is 0 Å². The lowest BCUT2D eigenvalue weighted by Gasteiger charge is -1.99. The van der Waals surface area contributed by atoms with Gasteiger partial charge in [0.2, 0.25) is 5.28 Å². The van der Waals surface area contributed by atoms with E-state index in [1.54, 1.807) is 6.92 Å². The molecule has 0 spiro atoms. The zero-order valence-electron chi connectivity index (χ0n) is 12.1. The van der Waals surface area contributed by atoms with E-state index in [4.69, 9.17) is 11.6 Å². The molecule has 0 bridgehead atoms. The van der Waals surface area contributed by atoms with Crippen LogP contribution in [0.5, 0.6) is 0 Å². The molecule has 8 nitrogen and oxygen atoms in total.